The molecule has 0 saturated carbocycles. The number of nitrogens with zero attached hydrogens (tertiary/aromatic N) is 3. The van der Waals surface area contributed by atoms with Crippen LogP contribution in [-0.2, 0) is 27.9 Å². The number of fused-ring (bicyclic) bond motifs is 3. The Morgan fingerprint density at radius 1 is 1.06 bits per heavy atom. The summed E-state index contributed by atoms with van der Waals surface area (Å²) in [4.78, 5) is 16.5. The normalized spacial score (nSPS) is 22.9. The quantitative estimate of drug-likeness (QED) is 0.706. The average Bonchev–Trinajstić information content (AvgIpc) is 3.10. The number of sulfonamides is 1. The molecular weight excluding hydrogens is 429 g/mol. The van der Waals surface area contributed by atoms with E-state index in [1.165, 1.54) is 18.4 Å². The van der Waals surface area contributed by atoms with Crippen molar-refractivity contribution in [1.29, 1.82) is 0 Å². The van der Waals surface area contributed by atoms with Gasteiger partial charge in [-0.1, -0.05) is 30.3 Å². The second-order valence-electron chi connectivity index (χ2n) is 8.87. The average molecular weight is 460 g/mol. The van der Waals surface area contributed by atoms with Gasteiger partial charge in [0.2, 0.25) is 15.9 Å². The van der Waals surface area contributed by atoms with Crippen LogP contribution < -0.4 is 4.90 Å². The van der Waals surface area contributed by atoms with Gasteiger partial charge in [0, 0.05) is 50.9 Å². The van der Waals surface area contributed by atoms with Gasteiger partial charge in [0.1, 0.15) is 5.82 Å². The van der Waals surface area contributed by atoms with Crippen molar-refractivity contribution >= 4 is 21.6 Å². The largest absolute Gasteiger partial charge is 0.312 e. The third kappa shape index (κ3) is 5.03. The number of amides is 1. The van der Waals surface area contributed by atoms with Gasteiger partial charge in [-0.15, -0.1) is 0 Å². The first kappa shape index (κ1) is 22.9. The first-order valence-electron chi connectivity index (χ1n) is 11.0. The van der Waals surface area contributed by atoms with Crippen molar-refractivity contribution in [3.63, 3.8) is 0 Å². The van der Waals surface area contributed by atoms with Crippen LogP contribution in [0.5, 0.6) is 0 Å². The molecule has 32 heavy (non-hydrogen) atoms. The molecule has 8 heteroatoms. The Balaban J connectivity index is 1.75. The van der Waals surface area contributed by atoms with Gasteiger partial charge in [-0.05, 0) is 48.6 Å². The number of carbonyl (C=O) groups is 1. The van der Waals surface area contributed by atoms with Crippen LogP contribution >= 0.6 is 0 Å². The molecule has 1 fully saturated rings. The molecule has 0 aliphatic carbocycles. The first-order chi connectivity index (χ1) is 15.2. The lowest BCUT2D eigenvalue weighted by molar-refractivity contribution is -0.116. The number of rotatable bonds is 3. The summed E-state index contributed by atoms with van der Waals surface area (Å²) in [5.74, 6) is -0.351. The third-order valence-electron chi connectivity index (χ3n) is 6.44. The van der Waals surface area contributed by atoms with Crippen molar-refractivity contribution < 1.29 is 17.6 Å². The molecule has 0 N–H and O–H groups in total. The zero-order chi connectivity index (χ0) is 22.9. The van der Waals surface area contributed by atoms with E-state index in [0.717, 1.165) is 29.7 Å². The van der Waals surface area contributed by atoms with E-state index in [2.05, 4.69) is 4.90 Å². The summed E-state index contributed by atoms with van der Waals surface area (Å²) in [7, 11) is -3.41. The number of carbonyl (C=O) groups excluding carboxylic acids is 1. The van der Waals surface area contributed by atoms with E-state index in [1.54, 1.807) is 22.2 Å². The molecule has 4 rings (SSSR count). The summed E-state index contributed by atoms with van der Waals surface area (Å²) in [5.41, 5.74) is 2.69. The van der Waals surface area contributed by atoms with Crippen LogP contribution in [0.15, 0.2) is 48.5 Å². The van der Waals surface area contributed by atoms with Gasteiger partial charge in [-0.25, -0.2) is 12.8 Å². The molecule has 1 amide bonds. The second kappa shape index (κ2) is 9.29. The molecule has 172 valence electrons. The Kier molecular flexibility index (Phi) is 6.65. The molecule has 2 bridgehead atoms. The Hall–Kier alpha value is -2.29. The van der Waals surface area contributed by atoms with Crippen molar-refractivity contribution in [1.82, 2.24) is 9.21 Å². The number of anilines is 1. The van der Waals surface area contributed by atoms with E-state index in [-0.39, 0.29) is 23.8 Å². The van der Waals surface area contributed by atoms with Crippen LogP contribution in [0, 0.1) is 5.82 Å². The fourth-order valence-corrected chi connectivity index (χ4v) is 6.64. The van der Waals surface area contributed by atoms with E-state index >= 15 is 0 Å². The van der Waals surface area contributed by atoms with Gasteiger partial charge >= 0.3 is 0 Å². The Morgan fingerprint density at radius 3 is 2.53 bits per heavy atom. The van der Waals surface area contributed by atoms with Gasteiger partial charge in [-0.3, -0.25) is 9.69 Å². The van der Waals surface area contributed by atoms with Crippen LogP contribution in [0.2, 0.25) is 0 Å². The minimum absolute atomic E-state index is 0.0613. The van der Waals surface area contributed by atoms with Gasteiger partial charge < -0.3 is 4.90 Å². The highest BCUT2D eigenvalue weighted by Gasteiger charge is 2.40. The highest BCUT2D eigenvalue weighted by atomic mass is 32.2. The van der Waals surface area contributed by atoms with E-state index < -0.39 is 10.0 Å². The Morgan fingerprint density at radius 2 is 1.81 bits per heavy atom. The van der Waals surface area contributed by atoms with Crippen molar-refractivity contribution in [2.75, 3.05) is 24.2 Å². The lowest BCUT2D eigenvalue weighted by Gasteiger charge is -2.32. The maximum Gasteiger partial charge on any atom is 0.223 e. The summed E-state index contributed by atoms with van der Waals surface area (Å²) in [6.45, 7) is 3.60. The van der Waals surface area contributed by atoms with Gasteiger partial charge in [0.05, 0.1) is 6.26 Å². The molecule has 2 atom stereocenters. The van der Waals surface area contributed by atoms with E-state index in [9.17, 15) is 17.6 Å². The lowest BCUT2D eigenvalue weighted by Crippen LogP contribution is -2.46. The smallest absolute Gasteiger partial charge is 0.223 e. The number of hydrogen-bond donors (Lipinski definition) is 0. The fraction of sp³-hybridized carbons (Fsp3) is 0.458. The molecule has 0 aromatic heterocycles. The Bertz CT molecular complexity index is 1090. The summed E-state index contributed by atoms with van der Waals surface area (Å²) in [6.07, 6.45) is 3.42. The predicted molar refractivity (Wildman–Crippen MR) is 123 cm³/mol. The minimum atomic E-state index is -3.41. The molecule has 0 radical (unpaired) electrons. The molecule has 2 aliphatic heterocycles. The number of benzene rings is 2. The van der Waals surface area contributed by atoms with E-state index in [1.807, 2.05) is 30.3 Å². The Labute approximate surface area is 189 Å². The highest BCUT2D eigenvalue weighted by molar-refractivity contribution is 7.88. The summed E-state index contributed by atoms with van der Waals surface area (Å²) in [6, 6.07) is 14.1. The summed E-state index contributed by atoms with van der Waals surface area (Å²) in [5, 5.41) is 0. The van der Waals surface area contributed by atoms with Crippen LogP contribution in [0.4, 0.5) is 10.1 Å². The maximum atomic E-state index is 13.8. The standard InChI is InChI=1S/C24H30FN3O3S/c1-18(29)27-13-12-22-10-11-23(28(22)32(2,30)31)17-26(15-19-6-5-8-21(25)14-19)16-20-7-3-4-9-24(20)27/h3-9,14,22-23H,10-13,15-17H2,1-2H3/t22-,23+/m1/s1. The van der Waals surface area contributed by atoms with E-state index in [4.69, 9.17) is 0 Å². The van der Waals surface area contributed by atoms with E-state index in [0.29, 0.717) is 32.6 Å². The minimum Gasteiger partial charge on any atom is -0.312 e. The molecule has 2 aliphatic rings. The zero-order valence-electron chi connectivity index (χ0n) is 18.6. The molecule has 2 heterocycles. The maximum absolute atomic E-state index is 13.8. The SMILES string of the molecule is CC(=O)N1CC[C@H]2CC[C@@H](CN(Cc3cccc(F)c3)Cc3ccccc31)N2S(C)(=O)=O. The second-order valence-corrected chi connectivity index (χ2v) is 10.8. The van der Waals surface area contributed by atoms with Crippen molar-refractivity contribution in [2.24, 2.45) is 0 Å². The molecule has 1 saturated heterocycles. The van der Waals surface area contributed by atoms with Gasteiger partial charge in [-0.2, -0.15) is 4.31 Å². The molecular formula is C24H30FN3O3S. The molecule has 0 spiro atoms. The topological polar surface area (TPSA) is 60.9 Å². The summed E-state index contributed by atoms with van der Waals surface area (Å²) < 4.78 is 40.9. The van der Waals surface area contributed by atoms with Crippen LogP contribution in [0.25, 0.3) is 0 Å². The fourth-order valence-electron chi connectivity index (χ4n) is 5.17. The monoisotopic (exact) mass is 459 g/mol. The third-order valence-corrected chi connectivity index (χ3v) is 7.80. The van der Waals surface area contributed by atoms with Gasteiger partial charge in [0.25, 0.3) is 0 Å². The molecule has 2 aromatic rings. The van der Waals surface area contributed by atoms with Crippen LogP contribution in [-0.4, -0.2) is 55.0 Å². The van der Waals surface area contributed by atoms with Crippen molar-refractivity contribution in [3.8, 4) is 0 Å². The van der Waals surface area contributed by atoms with Crippen LogP contribution in [0.3, 0.4) is 0 Å². The van der Waals surface area contributed by atoms with Gasteiger partial charge in [0.15, 0.2) is 0 Å². The van der Waals surface area contributed by atoms with Crippen molar-refractivity contribution in [2.45, 2.75) is 51.4 Å². The highest BCUT2D eigenvalue weighted by Crippen LogP contribution is 2.33. The molecule has 0 unspecified atom stereocenters. The first-order valence-corrected chi connectivity index (χ1v) is 12.9. The molecule has 2 aromatic carbocycles. The molecule has 6 nitrogen and oxygen atoms in total. The summed E-state index contributed by atoms with van der Waals surface area (Å²) >= 11 is 0. The number of halogens is 1. The zero-order valence-corrected chi connectivity index (χ0v) is 19.4. The van der Waals surface area contributed by atoms with Crippen molar-refractivity contribution in [3.05, 3.63) is 65.5 Å². The number of hydrogen-bond acceptors (Lipinski definition) is 4. The number of para-hydroxylation sites is 1. The predicted octanol–water partition coefficient (Wildman–Crippen LogP) is 3.38. The van der Waals surface area contributed by atoms with Crippen LogP contribution in [0.1, 0.15) is 37.3 Å². The lowest BCUT2D eigenvalue weighted by atomic mass is 10.1.